The zero-order valence-corrected chi connectivity index (χ0v) is 19.3. The quantitative estimate of drug-likeness (QED) is 0.454. The highest BCUT2D eigenvalue weighted by atomic mass is 16.5. The van der Waals surface area contributed by atoms with Gasteiger partial charge in [-0.3, -0.25) is 4.40 Å². The Labute approximate surface area is 196 Å². The SMILES string of the molecule is Cc1c(-c2cccc(OC3CC3)c2)c(C)n2c(=O)n(-c3ncc(N4CCOCC4)cn3)ncc12. The first kappa shape index (κ1) is 20.9. The molecule has 9 heteroatoms. The lowest BCUT2D eigenvalue weighted by molar-refractivity contribution is 0.122. The maximum absolute atomic E-state index is 13.5. The summed E-state index contributed by atoms with van der Waals surface area (Å²) in [5.74, 6) is 1.11. The van der Waals surface area contributed by atoms with Crippen LogP contribution in [0.3, 0.4) is 0 Å². The largest absolute Gasteiger partial charge is 0.490 e. The average molecular weight is 459 g/mol. The number of hydrogen-bond acceptors (Lipinski definition) is 7. The van der Waals surface area contributed by atoms with Gasteiger partial charge >= 0.3 is 5.69 Å². The first-order chi connectivity index (χ1) is 16.6. The summed E-state index contributed by atoms with van der Waals surface area (Å²) in [5.41, 5.74) is 5.27. The van der Waals surface area contributed by atoms with Gasteiger partial charge in [0.2, 0.25) is 0 Å². The normalized spacial score (nSPS) is 16.2. The first-order valence-corrected chi connectivity index (χ1v) is 11.6. The van der Waals surface area contributed by atoms with E-state index in [4.69, 9.17) is 9.47 Å². The molecule has 0 radical (unpaired) electrons. The molecule has 0 bridgehead atoms. The fourth-order valence-corrected chi connectivity index (χ4v) is 4.59. The van der Waals surface area contributed by atoms with Crippen LogP contribution < -0.4 is 15.3 Å². The Morgan fingerprint density at radius 2 is 1.82 bits per heavy atom. The van der Waals surface area contributed by atoms with Gasteiger partial charge in [-0.15, -0.1) is 4.68 Å². The Balaban J connectivity index is 1.39. The molecule has 9 nitrogen and oxygen atoms in total. The molecule has 0 spiro atoms. The molecule has 1 saturated carbocycles. The number of morpholine rings is 1. The number of aromatic nitrogens is 5. The van der Waals surface area contributed by atoms with Crippen LogP contribution in [-0.4, -0.2) is 56.6 Å². The summed E-state index contributed by atoms with van der Waals surface area (Å²) in [7, 11) is 0. The van der Waals surface area contributed by atoms with Crippen LogP contribution in [0.25, 0.3) is 22.6 Å². The number of aryl methyl sites for hydroxylation is 2. The van der Waals surface area contributed by atoms with E-state index in [1.807, 2.05) is 38.1 Å². The van der Waals surface area contributed by atoms with Crippen molar-refractivity contribution in [1.29, 1.82) is 0 Å². The Kier molecular flexibility index (Phi) is 5.06. The molecular formula is C25H26N6O3. The van der Waals surface area contributed by atoms with Crippen molar-refractivity contribution in [3.8, 4) is 22.8 Å². The van der Waals surface area contributed by atoms with Gasteiger partial charge in [-0.2, -0.15) is 5.10 Å². The van der Waals surface area contributed by atoms with Gasteiger partial charge in [-0.25, -0.2) is 14.8 Å². The standard InChI is InChI=1S/C25H26N6O3/c1-16-22-15-28-31(24-26-13-19(14-27-24)29-8-10-33-11-9-29)25(32)30(22)17(2)23(16)18-4-3-5-21(12-18)34-20-6-7-20/h3-5,12-15,20H,6-11H2,1-2H3. The lowest BCUT2D eigenvalue weighted by Gasteiger charge is -2.28. The van der Waals surface area contributed by atoms with Crippen molar-refractivity contribution in [2.24, 2.45) is 0 Å². The molecule has 4 heterocycles. The van der Waals surface area contributed by atoms with Gasteiger partial charge in [-0.05, 0) is 49.9 Å². The minimum Gasteiger partial charge on any atom is -0.490 e. The second-order valence-electron chi connectivity index (χ2n) is 8.83. The summed E-state index contributed by atoms with van der Waals surface area (Å²) < 4.78 is 14.3. The highest BCUT2D eigenvalue weighted by Gasteiger charge is 2.24. The molecule has 2 aliphatic rings. The van der Waals surface area contributed by atoms with E-state index in [2.05, 4.69) is 20.0 Å². The van der Waals surface area contributed by atoms with Gasteiger partial charge in [-0.1, -0.05) is 12.1 Å². The van der Waals surface area contributed by atoms with E-state index >= 15 is 0 Å². The van der Waals surface area contributed by atoms with Gasteiger partial charge in [0.25, 0.3) is 5.95 Å². The van der Waals surface area contributed by atoms with Crippen LogP contribution in [0.5, 0.6) is 5.75 Å². The van der Waals surface area contributed by atoms with Crippen molar-refractivity contribution < 1.29 is 9.47 Å². The van der Waals surface area contributed by atoms with Crippen LogP contribution in [0.1, 0.15) is 24.1 Å². The van der Waals surface area contributed by atoms with Crippen molar-refractivity contribution in [3.05, 3.63) is 64.6 Å². The number of ether oxygens (including phenoxy) is 2. The molecular weight excluding hydrogens is 432 g/mol. The van der Waals surface area contributed by atoms with Crippen LogP contribution in [0, 0.1) is 13.8 Å². The predicted octanol–water partition coefficient (Wildman–Crippen LogP) is 2.94. The number of hydrogen-bond donors (Lipinski definition) is 0. The molecule has 0 amide bonds. The molecule has 174 valence electrons. The summed E-state index contributed by atoms with van der Waals surface area (Å²) in [6, 6.07) is 8.07. The fraction of sp³-hybridized carbons (Fsp3) is 0.360. The molecule has 6 rings (SSSR count). The molecule has 0 atom stereocenters. The Morgan fingerprint density at radius 1 is 1.06 bits per heavy atom. The molecule has 1 aliphatic carbocycles. The number of rotatable bonds is 5. The molecule has 3 aromatic heterocycles. The zero-order valence-electron chi connectivity index (χ0n) is 19.3. The highest BCUT2D eigenvalue weighted by Crippen LogP contribution is 2.34. The lowest BCUT2D eigenvalue weighted by Crippen LogP contribution is -2.36. The highest BCUT2D eigenvalue weighted by molar-refractivity contribution is 5.79. The summed E-state index contributed by atoms with van der Waals surface area (Å²) in [5, 5.41) is 4.39. The second-order valence-corrected chi connectivity index (χ2v) is 8.83. The maximum Gasteiger partial charge on any atom is 0.356 e. The zero-order chi connectivity index (χ0) is 23.2. The van der Waals surface area contributed by atoms with Gasteiger partial charge in [0, 0.05) is 24.3 Å². The van der Waals surface area contributed by atoms with E-state index < -0.39 is 0 Å². The fourth-order valence-electron chi connectivity index (χ4n) is 4.59. The van der Waals surface area contributed by atoms with Crippen molar-refractivity contribution >= 4 is 11.2 Å². The monoisotopic (exact) mass is 458 g/mol. The minimum atomic E-state index is -0.297. The molecule has 2 fully saturated rings. The summed E-state index contributed by atoms with van der Waals surface area (Å²) in [6.45, 7) is 6.94. The van der Waals surface area contributed by atoms with Crippen LogP contribution in [0.15, 0.2) is 47.7 Å². The summed E-state index contributed by atoms with van der Waals surface area (Å²) in [6.07, 6.45) is 7.72. The van der Waals surface area contributed by atoms with Crippen molar-refractivity contribution in [3.63, 3.8) is 0 Å². The average Bonchev–Trinajstić information content (AvgIpc) is 3.64. The minimum absolute atomic E-state index is 0.246. The third-order valence-corrected chi connectivity index (χ3v) is 6.51. The third-order valence-electron chi connectivity index (χ3n) is 6.51. The molecule has 1 aromatic carbocycles. The number of anilines is 1. The Bertz CT molecular complexity index is 1420. The Hall–Kier alpha value is -3.72. The third kappa shape index (κ3) is 3.62. The second kappa shape index (κ2) is 8.25. The van der Waals surface area contributed by atoms with Crippen molar-refractivity contribution in [2.75, 3.05) is 31.2 Å². The van der Waals surface area contributed by atoms with E-state index in [9.17, 15) is 4.79 Å². The van der Waals surface area contributed by atoms with E-state index in [0.717, 1.165) is 65.3 Å². The van der Waals surface area contributed by atoms with E-state index in [1.165, 1.54) is 4.68 Å². The van der Waals surface area contributed by atoms with Crippen LogP contribution in [-0.2, 0) is 4.74 Å². The van der Waals surface area contributed by atoms with E-state index in [1.54, 1.807) is 23.0 Å². The molecule has 1 saturated heterocycles. The molecule has 34 heavy (non-hydrogen) atoms. The van der Waals surface area contributed by atoms with Crippen molar-refractivity contribution in [2.45, 2.75) is 32.8 Å². The smallest absolute Gasteiger partial charge is 0.356 e. The van der Waals surface area contributed by atoms with Crippen LogP contribution in [0.2, 0.25) is 0 Å². The number of benzene rings is 1. The first-order valence-electron chi connectivity index (χ1n) is 11.6. The molecule has 1 aliphatic heterocycles. The van der Waals surface area contributed by atoms with Gasteiger partial charge < -0.3 is 14.4 Å². The number of fused-ring (bicyclic) bond motifs is 1. The van der Waals surface area contributed by atoms with E-state index in [0.29, 0.717) is 19.3 Å². The van der Waals surface area contributed by atoms with Gasteiger partial charge in [0.15, 0.2) is 0 Å². The summed E-state index contributed by atoms with van der Waals surface area (Å²) >= 11 is 0. The van der Waals surface area contributed by atoms with E-state index in [-0.39, 0.29) is 11.6 Å². The number of nitrogens with zero attached hydrogens (tertiary/aromatic N) is 6. The lowest BCUT2D eigenvalue weighted by atomic mass is 10.0. The van der Waals surface area contributed by atoms with Gasteiger partial charge in [0.05, 0.1) is 49.1 Å². The maximum atomic E-state index is 13.5. The van der Waals surface area contributed by atoms with Gasteiger partial charge in [0.1, 0.15) is 5.75 Å². The Morgan fingerprint density at radius 3 is 2.56 bits per heavy atom. The molecule has 4 aromatic rings. The molecule has 0 N–H and O–H groups in total. The topological polar surface area (TPSA) is 86.8 Å². The van der Waals surface area contributed by atoms with Crippen LogP contribution in [0.4, 0.5) is 5.69 Å². The van der Waals surface area contributed by atoms with Crippen molar-refractivity contribution in [1.82, 2.24) is 24.1 Å². The van der Waals surface area contributed by atoms with Crippen LogP contribution >= 0.6 is 0 Å². The summed E-state index contributed by atoms with van der Waals surface area (Å²) in [4.78, 5) is 24.5. The predicted molar refractivity (Wildman–Crippen MR) is 128 cm³/mol. The molecule has 0 unspecified atom stereocenters.